The van der Waals surface area contributed by atoms with Gasteiger partial charge >= 0.3 is 6.09 Å². The molecule has 3 aromatic rings. The number of aryl methyl sites for hydroxylation is 1. The number of nitrogens with two attached hydrogens (primary N) is 1. The van der Waals surface area contributed by atoms with Gasteiger partial charge in [-0.15, -0.1) is 12.8 Å². The van der Waals surface area contributed by atoms with E-state index in [-0.39, 0.29) is 49.7 Å². The summed E-state index contributed by atoms with van der Waals surface area (Å²) in [5.74, 6) is 0.676. The number of amides is 3. The number of terminal acetylenes is 1. The SMILES string of the molecule is C#C.Cc1cc2cc(N=C(N)NC#N)ccc2o1.O=C(NC1CN(C(=O)CN2CCCCCC2=O)C/C1=N/O)OCc1ccccc1. The predicted octanol–water partition coefficient (Wildman–Crippen LogP) is 3.36. The number of carbonyl (C=O) groups excluding carboxylic acids is 3. The first-order valence-corrected chi connectivity index (χ1v) is 14.8. The van der Waals surface area contributed by atoms with E-state index in [1.165, 1.54) is 4.90 Å². The van der Waals surface area contributed by atoms with Crippen molar-refractivity contribution in [1.82, 2.24) is 20.4 Å². The largest absolute Gasteiger partial charge is 0.461 e. The van der Waals surface area contributed by atoms with Crippen molar-refractivity contribution in [2.45, 2.75) is 45.3 Å². The average Bonchev–Trinajstić information content (AvgIpc) is 3.59. The van der Waals surface area contributed by atoms with Crippen LogP contribution < -0.4 is 16.4 Å². The first-order chi connectivity index (χ1) is 22.7. The van der Waals surface area contributed by atoms with Crippen molar-refractivity contribution in [2.24, 2.45) is 15.9 Å². The number of guanidine groups is 1. The average molecular weight is 643 g/mol. The lowest BCUT2D eigenvalue weighted by Crippen LogP contribution is -2.44. The molecule has 3 heterocycles. The fourth-order valence-electron chi connectivity index (χ4n) is 4.95. The predicted molar refractivity (Wildman–Crippen MR) is 175 cm³/mol. The van der Waals surface area contributed by atoms with Crippen LogP contribution in [0.5, 0.6) is 0 Å². The molecule has 1 aromatic heterocycles. The number of likely N-dealkylation sites (tertiary alicyclic amines) is 2. The fraction of sp³-hybridized carbons (Fsp3) is 0.333. The lowest BCUT2D eigenvalue weighted by atomic mass is 10.2. The molecule has 0 radical (unpaired) electrons. The van der Waals surface area contributed by atoms with Gasteiger partial charge in [-0.05, 0) is 49.6 Å². The van der Waals surface area contributed by atoms with Crippen LogP contribution >= 0.6 is 0 Å². The Morgan fingerprint density at radius 1 is 1.17 bits per heavy atom. The molecule has 2 aromatic carbocycles. The van der Waals surface area contributed by atoms with E-state index in [2.05, 4.69) is 33.6 Å². The second-order valence-corrected chi connectivity index (χ2v) is 10.6. The van der Waals surface area contributed by atoms with E-state index in [0.29, 0.717) is 18.7 Å². The van der Waals surface area contributed by atoms with Crippen LogP contribution in [0.25, 0.3) is 11.0 Å². The summed E-state index contributed by atoms with van der Waals surface area (Å²) in [4.78, 5) is 43.9. The molecule has 2 saturated heterocycles. The van der Waals surface area contributed by atoms with Crippen LogP contribution in [0.15, 0.2) is 69.2 Å². The number of nitrogens with zero attached hydrogens (tertiary/aromatic N) is 5. The van der Waals surface area contributed by atoms with Gasteiger partial charge in [0.1, 0.15) is 23.7 Å². The molecule has 14 heteroatoms. The summed E-state index contributed by atoms with van der Waals surface area (Å²) in [5.41, 5.74) is 8.07. The Morgan fingerprint density at radius 3 is 2.66 bits per heavy atom. The maximum absolute atomic E-state index is 12.6. The van der Waals surface area contributed by atoms with Gasteiger partial charge in [0.2, 0.25) is 17.8 Å². The Hall–Kier alpha value is -6.02. The van der Waals surface area contributed by atoms with Crippen LogP contribution in [0.2, 0.25) is 0 Å². The van der Waals surface area contributed by atoms with Gasteiger partial charge in [0.25, 0.3) is 0 Å². The molecule has 3 amide bonds. The van der Waals surface area contributed by atoms with Crippen LogP contribution in [0.3, 0.4) is 0 Å². The molecule has 0 saturated carbocycles. The monoisotopic (exact) mass is 642 g/mol. The molecule has 1 unspecified atom stereocenters. The van der Waals surface area contributed by atoms with Gasteiger partial charge in [-0.25, -0.2) is 9.79 Å². The molecule has 5 rings (SSSR count). The number of ether oxygens (including phenoxy) is 1. The standard InChI is InChI=1S/C20H26N4O5.C11H10N4O.C2H2/c25-18-9-5-2-6-10-23(18)13-19(26)24-11-16(17(12-24)22-28)21-20(27)29-14-15-7-3-1-4-8-15;1-7-4-8-5-9(2-3-10(8)16-7)15-11(13)14-6-12;1-2/h1,3-4,7-8,16,28H,2,5-6,9-14H2,(H,21,27);2-5H,1H3,(H3,13,14,15);1-2H/b22-17-;;. The zero-order valence-electron chi connectivity index (χ0n) is 26.1. The van der Waals surface area contributed by atoms with Gasteiger partial charge in [-0.3, -0.25) is 14.9 Å². The summed E-state index contributed by atoms with van der Waals surface area (Å²) < 4.78 is 10.6. The first-order valence-electron chi connectivity index (χ1n) is 14.8. The van der Waals surface area contributed by atoms with Crippen molar-refractivity contribution in [3.63, 3.8) is 0 Å². The van der Waals surface area contributed by atoms with Crippen molar-refractivity contribution in [3.05, 3.63) is 65.9 Å². The Kier molecular flexibility index (Phi) is 13.6. The lowest BCUT2D eigenvalue weighted by molar-refractivity contribution is -0.139. The zero-order chi connectivity index (χ0) is 34.2. The number of furan rings is 1. The minimum atomic E-state index is -0.656. The second kappa shape index (κ2) is 18.1. The first kappa shape index (κ1) is 35.5. The fourth-order valence-corrected chi connectivity index (χ4v) is 4.95. The number of benzene rings is 2. The summed E-state index contributed by atoms with van der Waals surface area (Å²) in [5, 5.41) is 26.7. The van der Waals surface area contributed by atoms with Gasteiger partial charge in [0, 0.05) is 24.9 Å². The Balaban J connectivity index is 0.000000281. The third kappa shape index (κ3) is 10.8. The summed E-state index contributed by atoms with van der Waals surface area (Å²) in [6, 6.07) is 16.0. The highest BCUT2D eigenvalue weighted by atomic mass is 16.5. The van der Waals surface area contributed by atoms with Crippen LogP contribution in [0, 0.1) is 31.2 Å². The molecule has 1 atom stereocenters. The Bertz CT molecular complexity index is 1640. The molecular formula is C33H38N8O6. The third-order valence-corrected chi connectivity index (χ3v) is 7.20. The molecule has 47 heavy (non-hydrogen) atoms. The van der Waals surface area contributed by atoms with Crippen molar-refractivity contribution in [3.8, 4) is 19.0 Å². The normalized spacial score (nSPS) is 17.0. The molecule has 246 valence electrons. The quantitative estimate of drug-likeness (QED) is 0.0592. The number of fused-ring (bicyclic) bond motifs is 1. The van der Waals surface area contributed by atoms with E-state index >= 15 is 0 Å². The number of hydrogen-bond donors (Lipinski definition) is 4. The van der Waals surface area contributed by atoms with E-state index in [4.69, 9.17) is 20.1 Å². The highest BCUT2D eigenvalue weighted by Crippen LogP contribution is 2.24. The minimum Gasteiger partial charge on any atom is -0.461 e. The number of carbonyl (C=O) groups is 3. The number of nitrogens with one attached hydrogen (secondary N) is 2. The highest BCUT2D eigenvalue weighted by molar-refractivity contribution is 5.99. The third-order valence-electron chi connectivity index (χ3n) is 7.20. The van der Waals surface area contributed by atoms with Gasteiger partial charge in [-0.2, -0.15) is 5.26 Å². The Morgan fingerprint density at radius 2 is 1.94 bits per heavy atom. The van der Waals surface area contributed by atoms with E-state index < -0.39 is 12.1 Å². The minimum absolute atomic E-state index is 0.00269. The van der Waals surface area contributed by atoms with Gasteiger partial charge < -0.3 is 35.2 Å². The maximum atomic E-state index is 12.6. The van der Waals surface area contributed by atoms with Crippen LogP contribution in [-0.2, 0) is 20.9 Å². The summed E-state index contributed by atoms with van der Waals surface area (Å²) >= 11 is 0. The van der Waals surface area contributed by atoms with Gasteiger partial charge in [0.05, 0.1) is 24.8 Å². The number of rotatable bonds is 6. The van der Waals surface area contributed by atoms with E-state index in [0.717, 1.165) is 41.6 Å². The highest BCUT2D eigenvalue weighted by Gasteiger charge is 2.35. The molecule has 0 spiro atoms. The van der Waals surface area contributed by atoms with E-state index in [1.54, 1.807) is 17.2 Å². The number of oxime groups is 1. The van der Waals surface area contributed by atoms with Gasteiger partial charge in [0.15, 0.2) is 6.19 Å². The molecule has 0 aliphatic carbocycles. The van der Waals surface area contributed by atoms with Crippen LogP contribution in [-0.4, -0.2) is 76.8 Å². The summed E-state index contributed by atoms with van der Waals surface area (Å²) in [6.07, 6.45) is 12.2. The lowest BCUT2D eigenvalue weighted by Gasteiger charge is -2.23. The summed E-state index contributed by atoms with van der Waals surface area (Å²) in [6.45, 7) is 2.84. The van der Waals surface area contributed by atoms with Crippen LogP contribution in [0.4, 0.5) is 10.5 Å². The molecule has 2 aliphatic heterocycles. The number of hydrogen-bond acceptors (Lipinski definition) is 9. The van der Waals surface area contributed by atoms with E-state index in [9.17, 15) is 19.6 Å². The van der Waals surface area contributed by atoms with Gasteiger partial charge in [-0.1, -0.05) is 41.9 Å². The number of nitriles is 1. The maximum Gasteiger partial charge on any atom is 0.408 e. The summed E-state index contributed by atoms with van der Waals surface area (Å²) in [7, 11) is 0. The molecule has 2 aliphatic rings. The smallest absolute Gasteiger partial charge is 0.408 e. The van der Waals surface area contributed by atoms with Crippen molar-refractivity contribution >= 4 is 46.2 Å². The topological polar surface area (TPSA) is 199 Å². The number of alkyl carbamates (subject to hydrolysis) is 1. The molecule has 5 N–H and O–H groups in total. The molecule has 2 fully saturated rings. The Labute approximate surface area is 272 Å². The zero-order valence-corrected chi connectivity index (χ0v) is 26.1. The van der Waals surface area contributed by atoms with E-state index in [1.807, 2.05) is 55.5 Å². The molecule has 0 bridgehead atoms. The van der Waals surface area contributed by atoms with Crippen molar-refractivity contribution in [2.75, 3.05) is 26.2 Å². The van der Waals surface area contributed by atoms with Crippen LogP contribution in [0.1, 0.15) is 37.0 Å². The number of aliphatic imine (C=N–C) groups is 1. The van der Waals surface area contributed by atoms with Crippen molar-refractivity contribution < 1.29 is 28.7 Å². The molecular weight excluding hydrogens is 604 g/mol. The second-order valence-electron chi connectivity index (χ2n) is 10.6. The molecule has 14 nitrogen and oxygen atoms in total. The van der Waals surface area contributed by atoms with Crippen molar-refractivity contribution in [1.29, 1.82) is 5.26 Å².